The second-order valence-corrected chi connectivity index (χ2v) is 5.92. The minimum absolute atomic E-state index is 0.385. The maximum absolute atomic E-state index is 11.6. The van der Waals surface area contributed by atoms with E-state index in [2.05, 4.69) is 10.3 Å². The van der Waals surface area contributed by atoms with Crippen LogP contribution in [0.4, 0.5) is 10.5 Å². The van der Waals surface area contributed by atoms with Gasteiger partial charge in [-0.25, -0.2) is 4.79 Å². The molecule has 0 bridgehead atoms. The Morgan fingerprint density at radius 2 is 1.71 bits per heavy atom. The first-order valence-corrected chi connectivity index (χ1v) is 8.87. The van der Waals surface area contributed by atoms with Gasteiger partial charge in [0.15, 0.2) is 11.5 Å². The third-order valence-corrected chi connectivity index (χ3v) is 3.97. The van der Waals surface area contributed by atoms with Gasteiger partial charge in [-0.15, -0.1) is 0 Å². The number of ether oxygens (including phenoxy) is 4. The Kier molecular flexibility index (Phi) is 6.16. The summed E-state index contributed by atoms with van der Waals surface area (Å²) in [6.07, 6.45) is 1.97. The lowest BCUT2D eigenvalue weighted by Gasteiger charge is -2.12. The Bertz CT molecular complexity index is 957. The van der Waals surface area contributed by atoms with Crippen molar-refractivity contribution in [2.45, 2.75) is 13.3 Å². The van der Waals surface area contributed by atoms with Crippen LogP contribution in [0.1, 0.15) is 13.3 Å². The summed E-state index contributed by atoms with van der Waals surface area (Å²) in [5.74, 6) is 2.45. The van der Waals surface area contributed by atoms with Gasteiger partial charge in [0.1, 0.15) is 11.5 Å². The molecule has 2 aromatic carbocycles. The highest BCUT2D eigenvalue weighted by Gasteiger charge is 2.11. The Morgan fingerprint density at radius 1 is 1.00 bits per heavy atom. The molecule has 0 fully saturated rings. The number of methoxy groups -OCH3 is 2. The van der Waals surface area contributed by atoms with Gasteiger partial charge in [-0.2, -0.15) is 0 Å². The van der Waals surface area contributed by atoms with E-state index in [1.54, 1.807) is 56.8 Å². The number of hydrogen-bond acceptors (Lipinski definition) is 6. The van der Waals surface area contributed by atoms with E-state index in [1.807, 2.05) is 13.0 Å². The molecule has 7 nitrogen and oxygen atoms in total. The first kappa shape index (κ1) is 19.3. The first-order valence-electron chi connectivity index (χ1n) is 8.87. The molecular weight excluding hydrogens is 360 g/mol. The molecule has 0 spiro atoms. The molecule has 0 aliphatic carbocycles. The van der Waals surface area contributed by atoms with E-state index in [1.165, 1.54) is 0 Å². The van der Waals surface area contributed by atoms with Gasteiger partial charge >= 0.3 is 6.09 Å². The molecule has 0 aliphatic heterocycles. The van der Waals surface area contributed by atoms with Crippen molar-refractivity contribution in [3.63, 3.8) is 0 Å². The van der Waals surface area contributed by atoms with Crippen molar-refractivity contribution >= 4 is 22.7 Å². The Morgan fingerprint density at radius 3 is 2.39 bits per heavy atom. The maximum Gasteiger partial charge on any atom is 0.411 e. The first-order chi connectivity index (χ1) is 13.6. The predicted octanol–water partition coefficient (Wildman–Crippen LogP) is 5.00. The fraction of sp³-hybridized carbons (Fsp3) is 0.238. The zero-order chi connectivity index (χ0) is 19.9. The number of nitrogens with one attached hydrogen (secondary N) is 1. The molecule has 0 unspecified atom stereocenters. The van der Waals surface area contributed by atoms with Crippen molar-refractivity contribution in [1.82, 2.24) is 4.98 Å². The van der Waals surface area contributed by atoms with Crippen LogP contribution in [0.25, 0.3) is 10.9 Å². The molecule has 0 atom stereocenters. The largest absolute Gasteiger partial charge is 0.493 e. The molecule has 3 rings (SSSR count). The minimum atomic E-state index is -0.475. The molecule has 0 saturated carbocycles. The SMILES string of the molecule is CCCOC(=O)Nc1ccc(Oc2ccnc3cc(OC)c(OC)cc23)cc1. The lowest BCUT2D eigenvalue weighted by molar-refractivity contribution is 0.161. The number of amides is 1. The summed E-state index contributed by atoms with van der Waals surface area (Å²) in [5.41, 5.74) is 1.35. The monoisotopic (exact) mass is 382 g/mol. The van der Waals surface area contributed by atoms with Crippen LogP contribution in [-0.2, 0) is 4.74 Å². The third kappa shape index (κ3) is 4.43. The quantitative estimate of drug-likeness (QED) is 0.619. The normalized spacial score (nSPS) is 10.4. The highest BCUT2D eigenvalue weighted by molar-refractivity contribution is 5.88. The predicted molar refractivity (Wildman–Crippen MR) is 107 cm³/mol. The lowest BCUT2D eigenvalue weighted by Crippen LogP contribution is -2.13. The molecule has 7 heteroatoms. The summed E-state index contributed by atoms with van der Waals surface area (Å²) in [7, 11) is 3.16. The second-order valence-electron chi connectivity index (χ2n) is 5.92. The molecule has 1 N–H and O–H groups in total. The van der Waals surface area contributed by atoms with Crippen molar-refractivity contribution in [1.29, 1.82) is 0 Å². The number of aromatic nitrogens is 1. The second kappa shape index (κ2) is 8.94. The number of carbonyl (C=O) groups excluding carboxylic acids is 1. The number of anilines is 1. The van der Waals surface area contributed by atoms with E-state index in [0.29, 0.717) is 35.3 Å². The van der Waals surface area contributed by atoms with E-state index in [9.17, 15) is 4.79 Å². The highest BCUT2D eigenvalue weighted by atomic mass is 16.5. The number of pyridine rings is 1. The van der Waals surface area contributed by atoms with Crippen LogP contribution in [0, 0.1) is 0 Å². The van der Waals surface area contributed by atoms with Gasteiger partial charge in [0.25, 0.3) is 0 Å². The summed E-state index contributed by atoms with van der Waals surface area (Å²) in [4.78, 5) is 16.0. The standard InChI is InChI=1S/C21H22N2O5/c1-4-11-27-21(24)23-14-5-7-15(8-6-14)28-18-9-10-22-17-13-20(26-3)19(25-2)12-16(17)18/h5-10,12-13H,4,11H2,1-3H3,(H,23,24). The number of nitrogens with zero attached hydrogens (tertiary/aromatic N) is 1. The summed E-state index contributed by atoms with van der Waals surface area (Å²) in [6.45, 7) is 2.32. The fourth-order valence-corrected chi connectivity index (χ4v) is 2.62. The van der Waals surface area contributed by atoms with Crippen LogP contribution in [0.2, 0.25) is 0 Å². The molecule has 28 heavy (non-hydrogen) atoms. The topological polar surface area (TPSA) is 78.9 Å². The average Bonchev–Trinajstić information content (AvgIpc) is 2.72. The summed E-state index contributed by atoms with van der Waals surface area (Å²) in [6, 6.07) is 12.4. The number of rotatable bonds is 7. The average molecular weight is 382 g/mol. The summed E-state index contributed by atoms with van der Waals surface area (Å²) >= 11 is 0. The van der Waals surface area contributed by atoms with E-state index in [0.717, 1.165) is 17.3 Å². The van der Waals surface area contributed by atoms with Gasteiger partial charge in [-0.1, -0.05) is 6.92 Å². The maximum atomic E-state index is 11.6. The van der Waals surface area contributed by atoms with Crippen LogP contribution >= 0.6 is 0 Å². The van der Waals surface area contributed by atoms with E-state index < -0.39 is 6.09 Å². The molecule has 3 aromatic rings. The molecule has 146 valence electrons. The zero-order valence-electron chi connectivity index (χ0n) is 16.0. The Balaban J connectivity index is 1.80. The number of fused-ring (bicyclic) bond motifs is 1. The van der Waals surface area contributed by atoms with E-state index >= 15 is 0 Å². The lowest BCUT2D eigenvalue weighted by atomic mass is 10.2. The summed E-state index contributed by atoms with van der Waals surface area (Å²) in [5, 5.41) is 3.46. The van der Waals surface area contributed by atoms with Crippen molar-refractivity contribution in [2.75, 3.05) is 26.1 Å². The fourth-order valence-electron chi connectivity index (χ4n) is 2.62. The van der Waals surface area contributed by atoms with Crippen molar-refractivity contribution in [2.24, 2.45) is 0 Å². The Labute approximate surface area is 163 Å². The highest BCUT2D eigenvalue weighted by Crippen LogP contribution is 2.36. The Hall–Kier alpha value is -3.48. The smallest absolute Gasteiger partial charge is 0.411 e. The molecule has 0 radical (unpaired) electrons. The van der Waals surface area contributed by atoms with Crippen LogP contribution in [0.15, 0.2) is 48.7 Å². The number of benzene rings is 2. The molecule has 0 aliphatic rings. The molecule has 1 aromatic heterocycles. The van der Waals surface area contributed by atoms with Gasteiger partial charge in [0.2, 0.25) is 0 Å². The van der Waals surface area contributed by atoms with Crippen LogP contribution in [-0.4, -0.2) is 31.9 Å². The molecule has 0 saturated heterocycles. The third-order valence-electron chi connectivity index (χ3n) is 3.97. The molecular formula is C21H22N2O5. The minimum Gasteiger partial charge on any atom is -0.493 e. The van der Waals surface area contributed by atoms with E-state index in [4.69, 9.17) is 18.9 Å². The van der Waals surface area contributed by atoms with Crippen LogP contribution in [0.5, 0.6) is 23.0 Å². The number of hydrogen-bond donors (Lipinski definition) is 1. The van der Waals surface area contributed by atoms with Crippen molar-refractivity contribution in [3.8, 4) is 23.0 Å². The van der Waals surface area contributed by atoms with Gasteiger partial charge in [0.05, 0.1) is 26.3 Å². The molecule has 1 heterocycles. The van der Waals surface area contributed by atoms with Gasteiger partial charge in [-0.05, 0) is 42.8 Å². The van der Waals surface area contributed by atoms with Gasteiger partial charge in [0, 0.05) is 23.3 Å². The van der Waals surface area contributed by atoms with Crippen molar-refractivity contribution in [3.05, 3.63) is 48.7 Å². The molecule has 1 amide bonds. The van der Waals surface area contributed by atoms with Crippen molar-refractivity contribution < 1.29 is 23.7 Å². The zero-order valence-corrected chi connectivity index (χ0v) is 16.0. The van der Waals surface area contributed by atoms with E-state index in [-0.39, 0.29) is 0 Å². The van der Waals surface area contributed by atoms with Gasteiger partial charge in [-0.3, -0.25) is 10.3 Å². The number of carbonyl (C=O) groups is 1. The van der Waals surface area contributed by atoms with Gasteiger partial charge < -0.3 is 18.9 Å². The summed E-state index contributed by atoms with van der Waals surface area (Å²) < 4.78 is 21.7. The van der Waals surface area contributed by atoms with Crippen LogP contribution < -0.4 is 19.5 Å². The van der Waals surface area contributed by atoms with Crippen LogP contribution in [0.3, 0.4) is 0 Å².